The minimum Gasteiger partial charge on any atom is -0.395 e. The van der Waals surface area contributed by atoms with E-state index in [1.807, 2.05) is 47.0 Å². The molecule has 2 heterocycles. The standard InChI is InChI=1S/C13H24O2S6/c1-13(2,18-7-11-16-5-9(3-14)20-11)19-8-12-17-6-10(4-15)21-12/h9-12,14-15H,3-8H2,1-2H3. The minimum atomic E-state index is 0.247. The normalized spacial score (nSPS) is 33.7. The van der Waals surface area contributed by atoms with E-state index in [1.54, 1.807) is 0 Å². The Morgan fingerprint density at radius 3 is 1.67 bits per heavy atom. The summed E-state index contributed by atoms with van der Waals surface area (Å²) in [5.74, 6) is 4.52. The smallest absolute Gasteiger partial charge is 0.0597 e. The second kappa shape index (κ2) is 9.49. The average molecular weight is 405 g/mol. The van der Waals surface area contributed by atoms with Crippen LogP contribution >= 0.6 is 70.6 Å². The van der Waals surface area contributed by atoms with Crippen molar-refractivity contribution in [2.24, 2.45) is 0 Å². The molecular weight excluding hydrogens is 381 g/mol. The number of aliphatic hydroxyl groups is 2. The van der Waals surface area contributed by atoms with Gasteiger partial charge in [0.05, 0.1) is 26.5 Å². The van der Waals surface area contributed by atoms with Crippen LogP contribution < -0.4 is 0 Å². The molecule has 2 N–H and O–H groups in total. The number of thioether (sulfide) groups is 6. The van der Waals surface area contributed by atoms with Gasteiger partial charge in [0.2, 0.25) is 0 Å². The first-order valence-corrected chi connectivity index (χ1v) is 13.0. The molecule has 0 aromatic heterocycles. The van der Waals surface area contributed by atoms with Crippen molar-refractivity contribution in [2.45, 2.75) is 37.6 Å². The van der Waals surface area contributed by atoms with Crippen LogP contribution in [0.15, 0.2) is 0 Å². The second-order valence-electron chi connectivity index (χ2n) is 5.43. The third-order valence-electron chi connectivity index (χ3n) is 3.17. The molecule has 2 aliphatic rings. The van der Waals surface area contributed by atoms with E-state index in [9.17, 15) is 10.2 Å². The molecule has 2 nitrogen and oxygen atoms in total. The van der Waals surface area contributed by atoms with Gasteiger partial charge in [0, 0.05) is 33.5 Å². The van der Waals surface area contributed by atoms with Crippen LogP contribution in [0.3, 0.4) is 0 Å². The van der Waals surface area contributed by atoms with Crippen LogP contribution in [0.1, 0.15) is 13.8 Å². The molecule has 21 heavy (non-hydrogen) atoms. The van der Waals surface area contributed by atoms with Crippen LogP contribution in [0.4, 0.5) is 0 Å². The monoisotopic (exact) mass is 404 g/mol. The summed E-state index contributed by atoms with van der Waals surface area (Å²) in [7, 11) is 0. The lowest BCUT2D eigenvalue weighted by molar-refractivity contribution is 0.301. The summed E-state index contributed by atoms with van der Waals surface area (Å²) < 4.78 is 1.53. The van der Waals surface area contributed by atoms with E-state index in [0.717, 1.165) is 23.0 Å². The molecule has 0 amide bonds. The fourth-order valence-corrected chi connectivity index (χ4v) is 11.2. The van der Waals surface area contributed by atoms with E-state index in [-0.39, 0.29) is 4.08 Å². The van der Waals surface area contributed by atoms with Gasteiger partial charge in [-0.25, -0.2) is 0 Å². The molecule has 2 aliphatic heterocycles. The van der Waals surface area contributed by atoms with Crippen molar-refractivity contribution in [3.8, 4) is 0 Å². The summed E-state index contributed by atoms with van der Waals surface area (Å²) in [6.45, 7) is 5.28. The highest BCUT2D eigenvalue weighted by Gasteiger charge is 2.30. The van der Waals surface area contributed by atoms with E-state index >= 15 is 0 Å². The van der Waals surface area contributed by atoms with Gasteiger partial charge in [0.15, 0.2) is 0 Å². The molecule has 124 valence electrons. The van der Waals surface area contributed by atoms with Crippen LogP contribution in [-0.2, 0) is 0 Å². The van der Waals surface area contributed by atoms with Gasteiger partial charge in [0.25, 0.3) is 0 Å². The third-order valence-corrected chi connectivity index (χ3v) is 13.6. The van der Waals surface area contributed by atoms with Crippen LogP contribution in [0.2, 0.25) is 0 Å². The van der Waals surface area contributed by atoms with Crippen LogP contribution in [-0.4, -0.2) is 70.2 Å². The number of hydrogen-bond acceptors (Lipinski definition) is 8. The minimum absolute atomic E-state index is 0.247. The summed E-state index contributed by atoms with van der Waals surface area (Å²) in [5, 5.41) is 19.3. The predicted octanol–water partition coefficient (Wildman–Crippen LogP) is 3.52. The van der Waals surface area contributed by atoms with Gasteiger partial charge in [-0.2, -0.15) is 0 Å². The maximum absolute atomic E-state index is 9.19. The van der Waals surface area contributed by atoms with Gasteiger partial charge < -0.3 is 10.2 Å². The van der Waals surface area contributed by atoms with E-state index in [0.29, 0.717) is 32.9 Å². The molecule has 2 rings (SSSR count). The topological polar surface area (TPSA) is 40.5 Å². The fourth-order valence-electron chi connectivity index (χ4n) is 1.96. The fraction of sp³-hybridized carbons (Fsp3) is 1.00. The molecule has 0 spiro atoms. The first-order chi connectivity index (χ1) is 10.0. The van der Waals surface area contributed by atoms with Crippen molar-refractivity contribution in [3.63, 3.8) is 0 Å². The Morgan fingerprint density at radius 2 is 1.33 bits per heavy atom. The van der Waals surface area contributed by atoms with Crippen LogP contribution in [0, 0.1) is 0 Å². The summed E-state index contributed by atoms with van der Waals surface area (Å²) in [5.41, 5.74) is 0. The molecule has 0 aromatic rings. The van der Waals surface area contributed by atoms with Crippen molar-refractivity contribution in [1.82, 2.24) is 0 Å². The zero-order valence-electron chi connectivity index (χ0n) is 12.4. The molecule has 0 bridgehead atoms. The molecule has 2 saturated heterocycles. The Kier molecular flexibility index (Phi) is 8.74. The Morgan fingerprint density at radius 1 is 0.905 bits per heavy atom. The Bertz CT molecular complexity index is 289. The Labute approximate surface area is 153 Å². The molecular formula is C13H24O2S6. The zero-order chi connectivity index (χ0) is 15.3. The molecule has 2 fully saturated rings. The van der Waals surface area contributed by atoms with Gasteiger partial charge in [-0.3, -0.25) is 0 Å². The van der Waals surface area contributed by atoms with Gasteiger partial charge in [-0.05, 0) is 13.8 Å². The van der Waals surface area contributed by atoms with Gasteiger partial charge in [0.1, 0.15) is 0 Å². The molecule has 0 saturated carbocycles. The third kappa shape index (κ3) is 6.80. The lowest BCUT2D eigenvalue weighted by Gasteiger charge is -2.26. The van der Waals surface area contributed by atoms with Gasteiger partial charge in [-0.1, -0.05) is 0 Å². The Hall–Kier alpha value is 2.02. The summed E-state index contributed by atoms with van der Waals surface area (Å²) in [4.78, 5) is 0. The highest BCUT2D eigenvalue weighted by molar-refractivity contribution is 8.24. The first kappa shape index (κ1) is 19.3. The zero-order valence-corrected chi connectivity index (χ0v) is 17.3. The predicted molar refractivity (Wildman–Crippen MR) is 108 cm³/mol. The van der Waals surface area contributed by atoms with Crippen molar-refractivity contribution in [3.05, 3.63) is 0 Å². The summed E-state index contributed by atoms with van der Waals surface area (Å²) >= 11 is 12.0. The van der Waals surface area contributed by atoms with Gasteiger partial charge in [-0.15, -0.1) is 70.6 Å². The number of aliphatic hydroxyl groups excluding tert-OH is 2. The van der Waals surface area contributed by atoms with E-state index < -0.39 is 0 Å². The highest BCUT2D eigenvalue weighted by atomic mass is 32.2. The molecule has 0 radical (unpaired) electrons. The van der Waals surface area contributed by atoms with Crippen molar-refractivity contribution in [2.75, 3.05) is 36.2 Å². The van der Waals surface area contributed by atoms with Gasteiger partial charge >= 0.3 is 0 Å². The number of hydrogen-bond donors (Lipinski definition) is 2. The maximum Gasteiger partial charge on any atom is 0.0597 e. The summed E-state index contributed by atoms with van der Waals surface area (Å²) in [6, 6.07) is 0. The lowest BCUT2D eigenvalue weighted by atomic mass is 10.5. The SMILES string of the molecule is CC(C)(SCC1SCC(CO)S1)SCC1SCC(CO)S1. The summed E-state index contributed by atoms with van der Waals surface area (Å²) in [6.07, 6.45) is 0. The van der Waals surface area contributed by atoms with Crippen molar-refractivity contribution in [1.29, 1.82) is 0 Å². The maximum atomic E-state index is 9.19. The first-order valence-electron chi connectivity index (χ1n) is 7.06. The molecule has 0 aromatic carbocycles. The van der Waals surface area contributed by atoms with Crippen LogP contribution in [0.25, 0.3) is 0 Å². The molecule has 4 atom stereocenters. The number of rotatable bonds is 8. The van der Waals surface area contributed by atoms with Crippen LogP contribution in [0.5, 0.6) is 0 Å². The Balaban J connectivity index is 1.63. The van der Waals surface area contributed by atoms with E-state index in [2.05, 4.69) is 37.4 Å². The average Bonchev–Trinajstić information content (AvgIpc) is 3.12. The van der Waals surface area contributed by atoms with Crippen molar-refractivity contribution >= 4 is 70.6 Å². The van der Waals surface area contributed by atoms with E-state index in [1.165, 1.54) is 0 Å². The highest BCUT2D eigenvalue weighted by Crippen LogP contribution is 2.47. The largest absolute Gasteiger partial charge is 0.395 e. The van der Waals surface area contributed by atoms with E-state index in [4.69, 9.17) is 0 Å². The molecule has 0 aliphatic carbocycles. The van der Waals surface area contributed by atoms with Crippen molar-refractivity contribution < 1.29 is 10.2 Å². The lowest BCUT2D eigenvalue weighted by Crippen LogP contribution is -2.16. The quantitative estimate of drug-likeness (QED) is 0.596. The molecule has 4 unspecified atom stereocenters. The second-order valence-corrected chi connectivity index (χ2v) is 15.1. The molecule has 8 heteroatoms.